The Morgan fingerprint density at radius 3 is 2.86 bits per heavy atom. The largest absolute Gasteiger partial charge is 0.418 e. The van der Waals surface area contributed by atoms with E-state index in [2.05, 4.69) is 15.2 Å². The SMILES string of the molecule is Cc1cccc(-c2nnc(CCl)o2)n1. The highest BCUT2D eigenvalue weighted by molar-refractivity contribution is 6.16. The van der Waals surface area contributed by atoms with Gasteiger partial charge in [0.15, 0.2) is 0 Å². The Morgan fingerprint density at radius 2 is 2.21 bits per heavy atom. The van der Waals surface area contributed by atoms with Crippen LogP contribution in [0.4, 0.5) is 0 Å². The highest BCUT2D eigenvalue weighted by atomic mass is 35.5. The molecule has 2 aromatic rings. The molecule has 0 amide bonds. The number of aromatic nitrogens is 3. The van der Waals surface area contributed by atoms with Crippen LogP contribution in [0.2, 0.25) is 0 Å². The van der Waals surface area contributed by atoms with Gasteiger partial charge in [0, 0.05) is 5.69 Å². The van der Waals surface area contributed by atoms with E-state index in [1.165, 1.54) is 0 Å². The molecule has 0 saturated heterocycles. The van der Waals surface area contributed by atoms with Crippen molar-refractivity contribution in [3.05, 3.63) is 29.8 Å². The van der Waals surface area contributed by atoms with Gasteiger partial charge in [0.05, 0.1) is 0 Å². The molecular weight excluding hydrogens is 202 g/mol. The molecule has 0 bridgehead atoms. The molecule has 2 heterocycles. The molecule has 2 aromatic heterocycles. The summed E-state index contributed by atoms with van der Waals surface area (Å²) in [5.74, 6) is 1.04. The van der Waals surface area contributed by atoms with Crippen molar-refractivity contribution in [2.75, 3.05) is 0 Å². The van der Waals surface area contributed by atoms with E-state index in [1.54, 1.807) is 0 Å². The Hall–Kier alpha value is -1.42. The second-order valence-corrected chi connectivity index (χ2v) is 3.07. The van der Waals surface area contributed by atoms with Gasteiger partial charge in [-0.1, -0.05) is 6.07 Å². The normalized spacial score (nSPS) is 10.4. The van der Waals surface area contributed by atoms with Crippen molar-refractivity contribution >= 4 is 11.6 Å². The Balaban J connectivity index is 2.39. The van der Waals surface area contributed by atoms with Gasteiger partial charge in [-0.2, -0.15) is 0 Å². The lowest BCUT2D eigenvalue weighted by Gasteiger charge is -1.94. The summed E-state index contributed by atoms with van der Waals surface area (Å²) in [5, 5.41) is 7.59. The first-order chi connectivity index (χ1) is 6.79. The van der Waals surface area contributed by atoms with Gasteiger partial charge >= 0.3 is 0 Å². The number of hydrogen-bond donors (Lipinski definition) is 0. The number of rotatable bonds is 2. The molecule has 0 fully saturated rings. The lowest BCUT2D eigenvalue weighted by atomic mass is 10.3. The maximum Gasteiger partial charge on any atom is 0.266 e. The van der Waals surface area contributed by atoms with E-state index in [-0.39, 0.29) is 5.88 Å². The maximum atomic E-state index is 5.54. The predicted molar refractivity (Wildman–Crippen MR) is 51.8 cm³/mol. The predicted octanol–water partition coefficient (Wildman–Crippen LogP) is 2.18. The van der Waals surface area contributed by atoms with Crippen LogP contribution in [-0.2, 0) is 5.88 Å². The van der Waals surface area contributed by atoms with E-state index in [0.717, 1.165) is 5.69 Å². The van der Waals surface area contributed by atoms with Crippen LogP contribution < -0.4 is 0 Å². The smallest absolute Gasteiger partial charge is 0.266 e. The average Bonchev–Trinajstić information content (AvgIpc) is 2.66. The number of alkyl halides is 1. The van der Waals surface area contributed by atoms with Crippen molar-refractivity contribution < 1.29 is 4.42 Å². The zero-order chi connectivity index (χ0) is 9.97. The fraction of sp³-hybridized carbons (Fsp3) is 0.222. The van der Waals surface area contributed by atoms with Crippen LogP contribution >= 0.6 is 11.6 Å². The second kappa shape index (κ2) is 3.75. The molecule has 0 atom stereocenters. The lowest BCUT2D eigenvalue weighted by Crippen LogP contribution is -1.85. The van der Waals surface area contributed by atoms with Crippen LogP contribution in [0, 0.1) is 6.92 Å². The fourth-order valence-electron chi connectivity index (χ4n) is 1.07. The van der Waals surface area contributed by atoms with Crippen LogP contribution in [0.25, 0.3) is 11.6 Å². The molecule has 0 unspecified atom stereocenters. The van der Waals surface area contributed by atoms with Crippen LogP contribution in [0.1, 0.15) is 11.6 Å². The lowest BCUT2D eigenvalue weighted by molar-refractivity contribution is 0.525. The summed E-state index contributed by atoms with van der Waals surface area (Å²) in [5.41, 5.74) is 1.59. The third-order valence-corrected chi connectivity index (χ3v) is 1.92. The molecule has 4 nitrogen and oxygen atoms in total. The standard InChI is InChI=1S/C9H8ClN3O/c1-6-3-2-4-7(11-6)9-13-12-8(5-10)14-9/h2-4H,5H2,1H3. The molecule has 0 saturated carbocycles. The van der Waals surface area contributed by atoms with Gasteiger partial charge in [-0.3, -0.25) is 0 Å². The van der Waals surface area contributed by atoms with Gasteiger partial charge in [-0.05, 0) is 19.1 Å². The number of aryl methyl sites for hydroxylation is 1. The Morgan fingerprint density at radius 1 is 1.36 bits per heavy atom. The van der Waals surface area contributed by atoms with Gasteiger partial charge in [0.2, 0.25) is 5.89 Å². The summed E-state index contributed by atoms with van der Waals surface area (Å²) in [7, 11) is 0. The molecule has 0 aromatic carbocycles. The van der Waals surface area contributed by atoms with E-state index in [0.29, 0.717) is 17.5 Å². The third kappa shape index (κ3) is 1.75. The number of hydrogen-bond acceptors (Lipinski definition) is 4. The first-order valence-corrected chi connectivity index (χ1v) is 4.65. The molecule has 14 heavy (non-hydrogen) atoms. The summed E-state index contributed by atoms with van der Waals surface area (Å²) in [6.07, 6.45) is 0. The highest BCUT2D eigenvalue weighted by Gasteiger charge is 2.08. The van der Waals surface area contributed by atoms with Gasteiger partial charge in [-0.15, -0.1) is 21.8 Å². The molecule has 0 aliphatic carbocycles. The molecule has 2 rings (SSSR count). The topological polar surface area (TPSA) is 51.8 Å². The molecular formula is C9H8ClN3O. The molecule has 0 aliphatic rings. The van der Waals surface area contributed by atoms with E-state index in [4.69, 9.17) is 16.0 Å². The summed E-state index contributed by atoms with van der Waals surface area (Å²) >= 11 is 5.54. The van der Waals surface area contributed by atoms with Crippen molar-refractivity contribution in [2.45, 2.75) is 12.8 Å². The zero-order valence-electron chi connectivity index (χ0n) is 7.57. The third-order valence-electron chi connectivity index (χ3n) is 1.69. The average molecular weight is 210 g/mol. The fourth-order valence-corrected chi connectivity index (χ4v) is 1.18. The van der Waals surface area contributed by atoms with Gasteiger partial charge in [0.25, 0.3) is 5.89 Å². The number of pyridine rings is 1. The molecule has 0 aliphatic heterocycles. The van der Waals surface area contributed by atoms with Crippen LogP contribution in [0.3, 0.4) is 0 Å². The molecule has 0 spiro atoms. The van der Waals surface area contributed by atoms with Crippen LogP contribution in [0.5, 0.6) is 0 Å². The first kappa shape index (κ1) is 9.15. The number of halogens is 1. The summed E-state index contributed by atoms with van der Waals surface area (Å²) in [4.78, 5) is 4.25. The summed E-state index contributed by atoms with van der Waals surface area (Å²) in [6.45, 7) is 1.91. The van der Waals surface area contributed by atoms with Crippen molar-refractivity contribution in [1.82, 2.24) is 15.2 Å². The first-order valence-electron chi connectivity index (χ1n) is 4.12. The molecule has 72 valence electrons. The van der Waals surface area contributed by atoms with Crippen molar-refractivity contribution in [3.63, 3.8) is 0 Å². The second-order valence-electron chi connectivity index (χ2n) is 2.80. The van der Waals surface area contributed by atoms with Gasteiger partial charge in [-0.25, -0.2) is 4.98 Å². The van der Waals surface area contributed by atoms with Gasteiger partial charge < -0.3 is 4.42 Å². The van der Waals surface area contributed by atoms with Crippen molar-refractivity contribution in [3.8, 4) is 11.6 Å². The van der Waals surface area contributed by atoms with E-state index in [9.17, 15) is 0 Å². The van der Waals surface area contributed by atoms with E-state index < -0.39 is 0 Å². The monoisotopic (exact) mass is 209 g/mol. The van der Waals surface area contributed by atoms with Crippen molar-refractivity contribution in [2.24, 2.45) is 0 Å². The van der Waals surface area contributed by atoms with E-state index in [1.807, 2.05) is 25.1 Å². The van der Waals surface area contributed by atoms with Crippen molar-refractivity contribution in [1.29, 1.82) is 0 Å². The molecule has 0 radical (unpaired) electrons. The number of nitrogens with zero attached hydrogens (tertiary/aromatic N) is 3. The zero-order valence-corrected chi connectivity index (χ0v) is 8.32. The molecule has 0 N–H and O–H groups in total. The van der Waals surface area contributed by atoms with Crippen LogP contribution in [0.15, 0.2) is 22.6 Å². The van der Waals surface area contributed by atoms with E-state index >= 15 is 0 Å². The summed E-state index contributed by atoms with van der Waals surface area (Å²) < 4.78 is 5.26. The quantitative estimate of drug-likeness (QED) is 0.712. The Bertz CT molecular complexity index is 441. The highest BCUT2D eigenvalue weighted by Crippen LogP contribution is 2.15. The minimum absolute atomic E-state index is 0.221. The maximum absolute atomic E-state index is 5.54. The minimum atomic E-state index is 0.221. The summed E-state index contributed by atoms with van der Waals surface area (Å²) in [6, 6.07) is 5.61. The molecule has 5 heteroatoms. The Labute approximate surface area is 85.9 Å². The van der Waals surface area contributed by atoms with Gasteiger partial charge in [0.1, 0.15) is 11.6 Å². The van der Waals surface area contributed by atoms with Crippen LogP contribution in [-0.4, -0.2) is 15.2 Å². The minimum Gasteiger partial charge on any atom is -0.418 e. The Kier molecular flexibility index (Phi) is 2.45.